The Kier molecular flexibility index (Phi) is 5.09. The molecule has 0 spiro atoms. The van der Waals surface area contributed by atoms with E-state index in [2.05, 4.69) is 19.2 Å². The predicted molar refractivity (Wildman–Crippen MR) is 60.6 cm³/mol. The normalized spacial score (nSPS) is 31.3. The third-order valence-corrected chi connectivity index (χ3v) is 3.27. The molecule has 0 aromatic heterocycles. The molecule has 1 aliphatic rings. The van der Waals surface area contributed by atoms with Crippen LogP contribution in [0, 0.1) is 11.8 Å². The second-order valence-electron chi connectivity index (χ2n) is 4.69. The Morgan fingerprint density at radius 2 is 2.13 bits per heavy atom. The first kappa shape index (κ1) is 12.5. The van der Waals surface area contributed by atoms with Crippen molar-refractivity contribution in [3.05, 3.63) is 0 Å². The fourth-order valence-corrected chi connectivity index (χ4v) is 2.24. The van der Waals surface area contributed by atoms with E-state index in [9.17, 15) is 4.79 Å². The zero-order valence-electron chi connectivity index (χ0n) is 10.1. The van der Waals surface area contributed by atoms with Crippen molar-refractivity contribution in [1.82, 2.24) is 5.32 Å². The molecule has 1 saturated carbocycles. The predicted octanol–water partition coefficient (Wildman–Crippen LogP) is 1.96. The standard InChI is InChI=1S/C12H23NO2/c1-4-15-12(14)8-13-11-7-9(2)5-6-10(11)3/h9-11,13H,4-8H2,1-3H3. The van der Waals surface area contributed by atoms with Crippen molar-refractivity contribution in [3.63, 3.8) is 0 Å². The highest BCUT2D eigenvalue weighted by Gasteiger charge is 2.25. The van der Waals surface area contributed by atoms with E-state index in [1.807, 2.05) is 6.92 Å². The number of ether oxygens (including phenoxy) is 1. The lowest BCUT2D eigenvalue weighted by Crippen LogP contribution is -2.42. The second-order valence-corrected chi connectivity index (χ2v) is 4.69. The molecule has 3 heteroatoms. The molecule has 0 aromatic carbocycles. The molecule has 0 aromatic rings. The molecule has 0 saturated heterocycles. The van der Waals surface area contributed by atoms with Crippen LogP contribution in [0.25, 0.3) is 0 Å². The fraction of sp³-hybridized carbons (Fsp3) is 0.917. The molecule has 0 radical (unpaired) electrons. The van der Waals surface area contributed by atoms with Gasteiger partial charge in [-0.3, -0.25) is 4.79 Å². The summed E-state index contributed by atoms with van der Waals surface area (Å²) in [5.74, 6) is 1.32. The van der Waals surface area contributed by atoms with Gasteiger partial charge in [-0.25, -0.2) is 0 Å². The maximum atomic E-state index is 11.2. The van der Waals surface area contributed by atoms with E-state index in [0.29, 0.717) is 25.1 Å². The van der Waals surface area contributed by atoms with Crippen LogP contribution in [0.1, 0.15) is 40.0 Å². The van der Waals surface area contributed by atoms with E-state index in [1.165, 1.54) is 19.3 Å². The van der Waals surface area contributed by atoms with Crippen LogP contribution in [0.15, 0.2) is 0 Å². The molecule has 1 rings (SSSR count). The van der Waals surface area contributed by atoms with Gasteiger partial charge >= 0.3 is 5.97 Å². The largest absolute Gasteiger partial charge is 0.465 e. The van der Waals surface area contributed by atoms with Gasteiger partial charge in [-0.05, 0) is 31.6 Å². The van der Waals surface area contributed by atoms with E-state index in [4.69, 9.17) is 4.74 Å². The quantitative estimate of drug-likeness (QED) is 0.726. The second kappa shape index (κ2) is 6.11. The maximum absolute atomic E-state index is 11.2. The van der Waals surface area contributed by atoms with Gasteiger partial charge in [-0.2, -0.15) is 0 Å². The highest BCUT2D eigenvalue weighted by atomic mass is 16.5. The van der Waals surface area contributed by atoms with Gasteiger partial charge in [0.25, 0.3) is 0 Å². The summed E-state index contributed by atoms with van der Waals surface area (Å²) in [5, 5.41) is 3.31. The Hall–Kier alpha value is -0.570. The van der Waals surface area contributed by atoms with Crippen LogP contribution < -0.4 is 5.32 Å². The first-order chi connectivity index (χ1) is 7.13. The van der Waals surface area contributed by atoms with Crippen molar-refractivity contribution in [2.45, 2.75) is 46.1 Å². The average Bonchev–Trinajstić information content (AvgIpc) is 2.20. The van der Waals surface area contributed by atoms with Crippen LogP contribution in [0.4, 0.5) is 0 Å². The van der Waals surface area contributed by atoms with Crippen LogP contribution in [0.3, 0.4) is 0 Å². The van der Waals surface area contributed by atoms with Gasteiger partial charge in [0.1, 0.15) is 0 Å². The van der Waals surface area contributed by atoms with Crippen molar-refractivity contribution < 1.29 is 9.53 Å². The third kappa shape index (κ3) is 4.20. The first-order valence-corrected chi connectivity index (χ1v) is 6.02. The van der Waals surface area contributed by atoms with Crippen molar-refractivity contribution in [1.29, 1.82) is 0 Å². The summed E-state index contributed by atoms with van der Waals surface area (Å²) >= 11 is 0. The van der Waals surface area contributed by atoms with E-state index in [1.54, 1.807) is 0 Å². The SMILES string of the molecule is CCOC(=O)CNC1CC(C)CCC1C. The Balaban J connectivity index is 2.27. The van der Waals surface area contributed by atoms with Gasteiger partial charge in [-0.1, -0.05) is 20.3 Å². The number of hydrogen-bond donors (Lipinski definition) is 1. The number of carbonyl (C=O) groups excluding carboxylic acids is 1. The molecule has 3 atom stereocenters. The molecule has 1 fully saturated rings. The minimum absolute atomic E-state index is 0.136. The molecular formula is C12H23NO2. The van der Waals surface area contributed by atoms with E-state index in [-0.39, 0.29) is 5.97 Å². The number of nitrogens with one attached hydrogen (secondary N) is 1. The van der Waals surface area contributed by atoms with E-state index < -0.39 is 0 Å². The van der Waals surface area contributed by atoms with Gasteiger partial charge in [0.15, 0.2) is 0 Å². The number of carbonyl (C=O) groups is 1. The summed E-state index contributed by atoms with van der Waals surface area (Å²) in [4.78, 5) is 11.2. The highest BCUT2D eigenvalue weighted by molar-refractivity contribution is 5.71. The smallest absolute Gasteiger partial charge is 0.319 e. The van der Waals surface area contributed by atoms with Crippen molar-refractivity contribution in [2.24, 2.45) is 11.8 Å². The fourth-order valence-electron chi connectivity index (χ4n) is 2.24. The maximum Gasteiger partial charge on any atom is 0.319 e. The summed E-state index contributed by atoms with van der Waals surface area (Å²) < 4.78 is 4.89. The molecule has 1 aliphatic carbocycles. The third-order valence-electron chi connectivity index (χ3n) is 3.27. The van der Waals surface area contributed by atoms with Gasteiger partial charge in [0, 0.05) is 6.04 Å². The van der Waals surface area contributed by atoms with Crippen LogP contribution in [0.5, 0.6) is 0 Å². The van der Waals surface area contributed by atoms with Gasteiger partial charge in [-0.15, -0.1) is 0 Å². The molecule has 3 unspecified atom stereocenters. The van der Waals surface area contributed by atoms with Crippen LogP contribution >= 0.6 is 0 Å². The van der Waals surface area contributed by atoms with Crippen molar-refractivity contribution in [2.75, 3.05) is 13.2 Å². The Labute approximate surface area is 92.6 Å². The van der Waals surface area contributed by atoms with Crippen LogP contribution in [-0.2, 0) is 9.53 Å². The van der Waals surface area contributed by atoms with Crippen molar-refractivity contribution >= 4 is 5.97 Å². The molecule has 3 nitrogen and oxygen atoms in total. The van der Waals surface area contributed by atoms with Gasteiger partial charge < -0.3 is 10.1 Å². The lowest BCUT2D eigenvalue weighted by Gasteiger charge is -2.33. The lowest BCUT2D eigenvalue weighted by molar-refractivity contribution is -0.142. The summed E-state index contributed by atoms with van der Waals surface area (Å²) in [6.07, 6.45) is 3.76. The molecular weight excluding hydrogens is 190 g/mol. The molecule has 0 heterocycles. The summed E-state index contributed by atoms with van der Waals surface area (Å²) in [5.41, 5.74) is 0. The monoisotopic (exact) mass is 213 g/mol. The number of rotatable bonds is 4. The van der Waals surface area contributed by atoms with Gasteiger partial charge in [0.2, 0.25) is 0 Å². The Morgan fingerprint density at radius 3 is 2.80 bits per heavy atom. The molecule has 0 amide bonds. The molecule has 1 N–H and O–H groups in total. The summed E-state index contributed by atoms with van der Waals surface area (Å²) in [6, 6.07) is 0.484. The van der Waals surface area contributed by atoms with E-state index in [0.717, 1.165) is 5.92 Å². The molecule has 0 bridgehead atoms. The summed E-state index contributed by atoms with van der Waals surface area (Å²) in [6.45, 7) is 7.20. The molecule has 0 aliphatic heterocycles. The Bertz CT molecular complexity index is 206. The summed E-state index contributed by atoms with van der Waals surface area (Å²) in [7, 11) is 0. The van der Waals surface area contributed by atoms with Crippen LogP contribution in [-0.4, -0.2) is 25.2 Å². The number of esters is 1. The molecule has 15 heavy (non-hydrogen) atoms. The van der Waals surface area contributed by atoms with Crippen LogP contribution in [0.2, 0.25) is 0 Å². The zero-order valence-corrected chi connectivity index (χ0v) is 10.1. The first-order valence-electron chi connectivity index (χ1n) is 6.02. The molecule has 88 valence electrons. The average molecular weight is 213 g/mol. The number of hydrogen-bond acceptors (Lipinski definition) is 3. The van der Waals surface area contributed by atoms with Gasteiger partial charge in [0.05, 0.1) is 13.2 Å². The van der Waals surface area contributed by atoms with Crippen molar-refractivity contribution in [3.8, 4) is 0 Å². The lowest BCUT2D eigenvalue weighted by atomic mass is 9.80. The van der Waals surface area contributed by atoms with E-state index >= 15 is 0 Å². The zero-order chi connectivity index (χ0) is 11.3. The Morgan fingerprint density at radius 1 is 1.40 bits per heavy atom. The highest BCUT2D eigenvalue weighted by Crippen LogP contribution is 2.28. The topological polar surface area (TPSA) is 38.3 Å². The minimum Gasteiger partial charge on any atom is -0.465 e. The minimum atomic E-state index is -0.136.